The van der Waals surface area contributed by atoms with Crippen molar-refractivity contribution in [3.05, 3.63) is 105 Å². The van der Waals surface area contributed by atoms with Gasteiger partial charge in [-0.15, -0.1) is 0 Å². The zero-order valence-electron chi connectivity index (χ0n) is 20.6. The number of rotatable bonds is 8. The molecule has 4 rings (SSSR count). The molecule has 1 aliphatic rings. The molecule has 1 fully saturated rings. The fourth-order valence-corrected chi connectivity index (χ4v) is 4.66. The molecule has 3 aromatic carbocycles. The van der Waals surface area contributed by atoms with Gasteiger partial charge in [-0.2, -0.15) is 0 Å². The Bertz CT molecular complexity index is 1300. The first-order valence-corrected chi connectivity index (χ1v) is 12.5. The molecule has 0 radical (unpaired) electrons. The van der Waals surface area contributed by atoms with Gasteiger partial charge < -0.3 is 19.6 Å². The second-order valence-electron chi connectivity index (χ2n) is 9.09. The number of ketones is 1. The van der Waals surface area contributed by atoms with E-state index < -0.39 is 17.7 Å². The van der Waals surface area contributed by atoms with Gasteiger partial charge in [0.25, 0.3) is 11.7 Å². The highest BCUT2D eigenvalue weighted by Gasteiger charge is 2.45. The van der Waals surface area contributed by atoms with Crippen LogP contribution in [0.2, 0.25) is 0 Å². The van der Waals surface area contributed by atoms with E-state index in [1.807, 2.05) is 74.4 Å². The minimum atomic E-state index is -0.684. The van der Waals surface area contributed by atoms with Crippen LogP contribution in [-0.4, -0.2) is 53.8 Å². The average molecular weight is 549 g/mol. The van der Waals surface area contributed by atoms with Gasteiger partial charge in [-0.1, -0.05) is 52.3 Å². The lowest BCUT2D eigenvalue weighted by molar-refractivity contribution is -0.140. The average Bonchev–Trinajstić information content (AvgIpc) is 3.12. The van der Waals surface area contributed by atoms with Crippen molar-refractivity contribution in [3.63, 3.8) is 0 Å². The highest BCUT2D eigenvalue weighted by Crippen LogP contribution is 2.40. The number of likely N-dealkylation sites (tertiary alicyclic amines) is 1. The van der Waals surface area contributed by atoms with Crippen molar-refractivity contribution in [1.29, 1.82) is 0 Å². The number of aliphatic hydroxyl groups is 1. The molecule has 36 heavy (non-hydrogen) atoms. The quantitative estimate of drug-likeness (QED) is 0.234. The highest BCUT2D eigenvalue weighted by molar-refractivity contribution is 9.10. The van der Waals surface area contributed by atoms with Crippen LogP contribution in [0.4, 0.5) is 0 Å². The van der Waals surface area contributed by atoms with Crippen molar-refractivity contribution >= 4 is 33.4 Å². The van der Waals surface area contributed by atoms with E-state index >= 15 is 0 Å². The van der Waals surface area contributed by atoms with Crippen LogP contribution in [0.1, 0.15) is 28.3 Å². The first-order chi connectivity index (χ1) is 17.3. The van der Waals surface area contributed by atoms with Crippen LogP contribution >= 0.6 is 15.9 Å². The second kappa shape index (κ2) is 11.1. The van der Waals surface area contributed by atoms with Crippen LogP contribution in [0.15, 0.2) is 82.8 Å². The molecule has 1 heterocycles. The van der Waals surface area contributed by atoms with Crippen molar-refractivity contribution in [2.45, 2.75) is 19.6 Å². The van der Waals surface area contributed by atoms with Gasteiger partial charge in [0.2, 0.25) is 0 Å². The Morgan fingerprint density at radius 3 is 2.42 bits per heavy atom. The number of carbonyl (C=O) groups is 2. The minimum absolute atomic E-state index is 0.0884. The molecule has 1 unspecified atom stereocenters. The van der Waals surface area contributed by atoms with E-state index in [9.17, 15) is 14.7 Å². The van der Waals surface area contributed by atoms with Gasteiger partial charge >= 0.3 is 0 Å². The lowest BCUT2D eigenvalue weighted by Gasteiger charge is -2.26. The molecule has 1 atom stereocenters. The van der Waals surface area contributed by atoms with E-state index in [4.69, 9.17) is 4.74 Å². The summed E-state index contributed by atoms with van der Waals surface area (Å²) in [6, 6.07) is 21.7. The number of Topliss-reactive ketones (excluding diaryl/α,β-unsaturated/α-hetero) is 1. The molecule has 186 valence electrons. The first-order valence-electron chi connectivity index (χ1n) is 11.7. The van der Waals surface area contributed by atoms with Gasteiger partial charge in [-0.25, -0.2) is 0 Å². The van der Waals surface area contributed by atoms with E-state index in [1.54, 1.807) is 24.3 Å². The highest BCUT2D eigenvalue weighted by atomic mass is 79.9. The number of hydrogen-bond donors (Lipinski definition) is 1. The van der Waals surface area contributed by atoms with Gasteiger partial charge in [0.1, 0.15) is 18.1 Å². The smallest absolute Gasteiger partial charge is 0.295 e. The fraction of sp³-hybridized carbons (Fsp3) is 0.241. The molecule has 1 aliphatic heterocycles. The molecule has 0 spiro atoms. The molecule has 1 saturated heterocycles. The molecule has 7 heteroatoms. The minimum Gasteiger partial charge on any atom is -0.507 e. The third-order valence-electron chi connectivity index (χ3n) is 6.28. The predicted octanol–water partition coefficient (Wildman–Crippen LogP) is 5.32. The summed E-state index contributed by atoms with van der Waals surface area (Å²) in [5.74, 6) is -0.849. The van der Waals surface area contributed by atoms with Crippen molar-refractivity contribution < 1.29 is 19.4 Å². The van der Waals surface area contributed by atoms with E-state index in [2.05, 4.69) is 15.9 Å². The van der Waals surface area contributed by atoms with Crippen LogP contribution in [0.25, 0.3) is 5.76 Å². The third-order valence-corrected chi connectivity index (χ3v) is 6.77. The summed E-state index contributed by atoms with van der Waals surface area (Å²) in [6.45, 7) is 3.41. The maximum absolute atomic E-state index is 13.1. The molecule has 0 bridgehead atoms. The monoisotopic (exact) mass is 548 g/mol. The number of likely N-dealkylation sites (N-methyl/N-ethyl adjacent to an activating group) is 1. The molecule has 0 aromatic heterocycles. The van der Waals surface area contributed by atoms with Crippen molar-refractivity contribution in [1.82, 2.24) is 9.80 Å². The lowest BCUT2D eigenvalue weighted by Crippen LogP contribution is -2.35. The zero-order valence-corrected chi connectivity index (χ0v) is 22.2. The van der Waals surface area contributed by atoms with Crippen molar-refractivity contribution in [2.75, 3.05) is 27.2 Å². The summed E-state index contributed by atoms with van der Waals surface area (Å²) in [5.41, 5.74) is 3.53. The Hall–Kier alpha value is -3.42. The molecule has 0 aliphatic carbocycles. The molecule has 1 amide bonds. The number of amides is 1. The van der Waals surface area contributed by atoms with Gasteiger partial charge in [-0.05, 0) is 74.1 Å². The topological polar surface area (TPSA) is 70.1 Å². The molecule has 0 saturated carbocycles. The number of nitrogens with zero attached hydrogens (tertiary/aromatic N) is 2. The summed E-state index contributed by atoms with van der Waals surface area (Å²) in [4.78, 5) is 29.6. The van der Waals surface area contributed by atoms with E-state index in [0.717, 1.165) is 21.2 Å². The standard InChI is InChI=1S/C29H29BrN2O4/c1-19-7-4-5-8-22(19)18-36-24-13-11-20(12-14-24)27(33)25-26(21-9-6-10-23(30)17-21)32(16-15-31(2)3)29(35)28(25)34/h4-14,17,26,33H,15-16,18H2,1-3H3/b27-25+. The zero-order chi connectivity index (χ0) is 25.8. The predicted molar refractivity (Wildman–Crippen MR) is 144 cm³/mol. The molecular weight excluding hydrogens is 520 g/mol. The molecule has 6 nitrogen and oxygen atoms in total. The number of hydrogen-bond acceptors (Lipinski definition) is 5. The summed E-state index contributed by atoms with van der Waals surface area (Å²) in [7, 11) is 3.82. The van der Waals surface area contributed by atoms with E-state index in [1.165, 1.54) is 4.90 Å². The lowest BCUT2D eigenvalue weighted by atomic mass is 9.95. The fourth-order valence-electron chi connectivity index (χ4n) is 4.24. The molecular formula is C29H29BrN2O4. The maximum atomic E-state index is 13.1. The van der Waals surface area contributed by atoms with Crippen LogP contribution in [0, 0.1) is 6.92 Å². The number of halogens is 1. The Morgan fingerprint density at radius 1 is 1.03 bits per heavy atom. The number of carbonyl (C=O) groups excluding carboxylic acids is 2. The van der Waals surface area contributed by atoms with E-state index in [0.29, 0.717) is 31.0 Å². The third kappa shape index (κ3) is 5.53. The Labute approximate surface area is 219 Å². The molecule has 3 aromatic rings. The van der Waals surface area contributed by atoms with Gasteiger partial charge in [0, 0.05) is 23.1 Å². The number of ether oxygens (including phenoxy) is 1. The largest absolute Gasteiger partial charge is 0.507 e. The molecule has 1 N–H and O–H groups in total. The van der Waals surface area contributed by atoms with Crippen LogP contribution in [0.3, 0.4) is 0 Å². The summed E-state index contributed by atoms with van der Waals surface area (Å²) in [6.07, 6.45) is 0. The number of aryl methyl sites for hydroxylation is 1. The van der Waals surface area contributed by atoms with Crippen molar-refractivity contribution in [3.8, 4) is 5.75 Å². The Kier molecular flexibility index (Phi) is 7.91. The van der Waals surface area contributed by atoms with Gasteiger partial charge in [0.05, 0.1) is 11.6 Å². The summed E-state index contributed by atoms with van der Waals surface area (Å²) >= 11 is 3.48. The number of benzene rings is 3. The summed E-state index contributed by atoms with van der Waals surface area (Å²) in [5, 5.41) is 11.3. The normalized spacial score (nSPS) is 17.1. The van der Waals surface area contributed by atoms with Crippen LogP contribution in [-0.2, 0) is 16.2 Å². The number of aliphatic hydroxyl groups excluding tert-OH is 1. The van der Waals surface area contributed by atoms with Crippen LogP contribution < -0.4 is 4.74 Å². The Morgan fingerprint density at radius 2 is 1.75 bits per heavy atom. The SMILES string of the molecule is Cc1ccccc1COc1ccc(/C(O)=C2\C(=O)C(=O)N(CCN(C)C)C2c2cccc(Br)c2)cc1. The van der Waals surface area contributed by atoms with Gasteiger partial charge in [-0.3, -0.25) is 9.59 Å². The second-order valence-corrected chi connectivity index (χ2v) is 10.0. The van der Waals surface area contributed by atoms with Gasteiger partial charge in [0.15, 0.2) is 0 Å². The van der Waals surface area contributed by atoms with E-state index in [-0.39, 0.29) is 11.3 Å². The summed E-state index contributed by atoms with van der Waals surface area (Å²) < 4.78 is 6.74. The first kappa shape index (κ1) is 25.7. The Balaban J connectivity index is 1.65. The maximum Gasteiger partial charge on any atom is 0.295 e. The van der Waals surface area contributed by atoms with Crippen LogP contribution in [0.5, 0.6) is 5.75 Å². The van der Waals surface area contributed by atoms with Crippen molar-refractivity contribution in [2.24, 2.45) is 0 Å².